The molecule has 6 rings (SSSR count). The first kappa shape index (κ1) is 26.4. The van der Waals surface area contributed by atoms with Crippen molar-refractivity contribution in [2.24, 2.45) is 5.92 Å². The second-order valence-electron chi connectivity index (χ2n) is 10.3. The third kappa shape index (κ3) is 5.30. The van der Waals surface area contributed by atoms with E-state index < -0.39 is 0 Å². The van der Waals surface area contributed by atoms with E-state index in [0.717, 1.165) is 77.2 Å². The number of allylic oxidation sites excluding steroid dienone is 1. The van der Waals surface area contributed by atoms with Gasteiger partial charge in [0.05, 0.1) is 37.8 Å². The molecule has 208 valence electrons. The number of esters is 1. The normalized spacial score (nSPS) is 15.3. The number of nitrogens with zero attached hydrogens (tertiary/aromatic N) is 4. The molecular weight excluding hydrogens is 524 g/mol. The summed E-state index contributed by atoms with van der Waals surface area (Å²) in [6.45, 7) is 6.89. The number of carbonyl (C=O) groups excluding carboxylic acids is 1. The first-order valence-corrected chi connectivity index (χ1v) is 14.8. The number of aromatic nitrogens is 3. The van der Waals surface area contributed by atoms with Crippen LogP contribution in [0.1, 0.15) is 58.9 Å². The Labute approximate surface area is 238 Å². The maximum Gasteiger partial charge on any atom is 0.338 e. The van der Waals surface area contributed by atoms with Gasteiger partial charge in [0.15, 0.2) is 0 Å². The smallest absolute Gasteiger partial charge is 0.338 e. The topological polar surface area (TPSA) is 78.2 Å². The van der Waals surface area contributed by atoms with E-state index in [1.54, 1.807) is 18.4 Å². The molecule has 0 unspecified atom stereocenters. The lowest BCUT2D eigenvalue weighted by atomic mass is 9.97. The highest BCUT2D eigenvalue weighted by atomic mass is 32.1. The van der Waals surface area contributed by atoms with Crippen LogP contribution in [0.25, 0.3) is 16.6 Å². The lowest BCUT2D eigenvalue weighted by Gasteiger charge is -2.33. The minimum absolute atomic E-state index is 0.275. The highest BCUT2D eigenvalue weighted by Gasteiger charge is 2.24. The molecule has 1 fully saturated rings. The van der Waals surface area contributed by atoms with Gasteiger partial charge in [0.25, 0.3) is 0 Å². The summed E-state index contributed by atoms with van der Waals surface area (Å²) < 4.78 is 19.1. The van der Waals surface area contributed by atoms with Gasteiger partial charge in [-0.05, 0) is 79.6 Å². The minimum atomic E-state index is -0.275. The second kappa shape index (κ2) is 11.3. The predicted molar refractivity (Wildman–Crippen MR) is 158 cm³/mol. The van der Waals surface area contributed by atoms with E-state index in [-0.39, 0.29) is 5.97 Å². The van der Waals surface area contributed by atoms with Crippen LogP contribution in [0.5, 0.6) is 11.5 Å². The molecule has 3 heterocycles. The maximum absolute atomic E-state index is 11.9. The van der Waals surface area contributed by atoms with Crippen LogP contribution in [0.15, 0.2) is 42.6 Å². The fourth-order valence-corrected chi connectivity index (χ4v) is 6.24. The van der Waals surface area contributed by atoms with Gasteiger partial charge >= 0.3 is 5.97 Å². The number of rotatable bonds is 9. The molecule has 40 heavy (non-hydrogen) atoms. The van der Waals surface area contributed by atoms with Crippen molar-refractivity contribution in [2.45, 2.75) is 39.5 Å². The Balaban J connectivity index is 1.10. The fraction of sp³-hybridized carbons (Fsp3) is 0.387. The molecule has 2 aromatic carbocycles. The predicted octanol–water partition coefficient (Wildman–Crippen LogP) is 5.93. The first-order valence-electron chi connectivity index (χ1n) is 14.0. The third-order valence-electron chi connectivity index (χ3n) is 7.69. The molecule has 0 amide bonds. The summed E-state index contributed by atoms with van der Waals surface area (Å²) in [6, 6.07) is 11.8. The zero-order valence-corrected chi connectivity index (χ0v) is 24.0. The number of hydrogen-bond acceptors (Lipinski definition) is 8. The van der Waals surface area contributed by atoms with Crippen molar-refractivity contribution in [3.8, 4) is 11.5 Å². The van der Waals surface area contributed by atoms with Gasteiger partial charge < -0.3 is 19.1 Å². The summed E-state index contributed by atoms with van der Waals surface area (Å²) in [5.41, 5.74) is 6.18. The quantitative estimate of drug-likeness (QED) is 0.236. The van der Waals surface area contributed by atoms with E-state index in [4.69, 9.17) is 19.2 Å². The number of ether oxygens (including phenoxy) is 3. The highest BCUT2D eigenvalue weighted by Crippen LogP contribution is 2.40. The number of carbonyl (C=O) groups is 1. The monoisotopic (exact) mass is 558 g/mol. The third-order valence-corrected chi connectivity index (χ3v) is 8.75. The van der Waals surface area contributed by atoms with E-state index in [1.165, 1.54) is 11.1 Å². The van der Waals surface area contributed by atoms with Crippen LogP contribution in [-0.4, -0.2) is 54.0 Å². The largest absolute Gasteiger partial charge is 0.497 e. The van der Waals surface area contributed by atoms with Gasteiger partial charge in [0.2, 0.25) is 4.96 Å². The SMILES string of the molecule is CCOC(=O)c1ccc(N2CCC(COc3cc(OC)cc4c3C=C(c3cn5nc(CC)sc5n3)C4)CC2)cc1. The second-order valence-corrected chi connectivity index (χ2v) is 11.3. The van der Waals surface area contributed by atoms with Gasteiger partial charge in [0, 0.05) is 36.8 Å². The zero-order chi connectivity index (χ0) is 27.6. The summed E-state index contributed by atoms with van der Waals surface area (Å²) >= 11 is 1.64. The van der Waals surface area contributed by atoms with Gasteiger partial charge in [-0.3, -0.25) is 0 Å². The summed E-state index contributed by atoms with van der Waals surface area (Å²) in [5, 5.41) is 5.71. The van der Waals surface area contributed by atoms with E-state index in [9.17, 15) is 4.79 Å². The summed E-state index contributed by atoms with van der Waals surface area (Å²) in [5.74, 6) is 1.88. The van der Waals surface area contributed by atoms with Crippen LogP contribution in [0.2, 0.25) is 0 Å². The molecule has 9 heteroatoms. The molecule has 4 aromatic rings. The van der Waals surface area contributed by atoms with E-state index in [0.29, 0.717) is 24.7 Å². The van der Waals surface area contributed by atoms with Crippen molar-refractivity contribution in [2.75, 3.05) is 38.3 Å². The van der Waals surface area contributed by atoms with E-state index in [1.807, 2.05) is 48.0 Å². The minimum Gasteiger partial charge on any atom is -0.497 e. The molecule has 2 aromatic heterocycles. The Morgan fingerprint density at radius 3 is 2.62 bits per heavy atom. The number of piperidine rings is 1. The summed E-state index contributed by atoms with van der Waals surface area (Å²) in [7, 11) is 1.70. The zero-order valence-electron chi connectivity index (χ0n) is 23.2. The Kier molecular flexibility index (Phi) is 7.47. The lowest BCUT2D eigenvalue weighted by molar-refractivity contribution is 0.0526. The van der Waals surface area contributed by atoms with Crippen LogP contribution < -0.4 is 14.4 Å². The molecule has 2 aliphatic rings. The Hall–Kier alpha value is -3.85. The number of aryl methyl sites for hydroxylation is 1. The van der Waals surface area contributed by atoms with Crippen LogP contribution in [0, 0.1) is 5.92 Å². The molecule has 1 saturated heterocycles. The molecule has 8 nitrogen and oxygen atoms in total. The number of benzene rings is 2. The van der Waals surface area contributed by atoms with Crippen LogP contribution >= 0.6 is 11.3 Å². The lowest BCUT2D eigenvalue weighted by Crippen LogP contribution is -2.35. The average molecular weight is 559 g/mol. The van der Waals surface area contributed by atoms with Crippen molar-refractivity contribution in [3.05, 3.63) is 70.0 Å². The number of anilines is 1. The van der Waals surface area contributed by atoms with E-state index >= 15 is 0 Å². The number of imidazole rings is 1. The van der Waals surface area contributed by atoms with Crippen molar-refractivity contribution >= 4 is 39.6 Å². The Morgan fingerprint density at radius 1 is 1.12 bits per heavy atom. The van der Waals surface area contributed by atoms with Crippen molar-refractivity contribution in [1.82, 2.24) is 14.6 Å². The van der Waals surface area contributed by atoms with Crippen LogP contribution in [-0.2, 0) is 17.6 Å². The standard InChI is InChI=1S/C31H34N4O4S/c1-4-29-33-35-18-27(32-31(35)40-29)23-14-22-15-25(37-3)17-28(26(22)16-23)39-19-20-10-12-34(13-11-20)24-8-6-21(7-9-24)30(36)38-5-2/h6-9,15-18,20H,4-5,10-14,19H2,1-3H3. The van der Waals surface area contributed by atoms with Crippen molar-refractivity contribution in [3.63, 3.8) is 0 Å². The number of fused-ring (bicyclic) bond motifs is 2. The molecule has 0 N–H and O–H groups in total. The molecule has 0 atom stereocenters. The number of methoxy groups -OCH3 is 1. The summed E-state index contributed by atoms with van der Waals surface area (Å²) in [6.07, 6.45) is 8.04. The molecule has 1 aliphatic heterocycles. The Bertz CT molecular complexity index is 1520. The average Bonchev–Trinajstić information content (AvgIpc) is 3.69. The highest BCUT2D eigenvalue weighted by molar-refractivity contribution is 7.16. The van der Waals surface area contributed by atoms with Gasteiger partial charge in [-0.1, -0.05) is 18.3 Å². The van der Waals surface area contributed by atoms with Crippen LogP contribution in [0.3, 0.4) is 0 Å². The fourth-order valence-electron chi connectivity index (χ4n) is 5.43. The molecule has 0 spiro atoms. The van der Waals surface area contributed by atoms with Crippen molar-refractivity contribution < 1.29 is 19.0 Å². The molecule has 1 aliphatic carbocycles. The van der Waals surface area contributed by atoms with Gasteiger partial charge in [0.1, 0.15) is 16.5 Å². The van der Waals surface area contributed by atoms with Gasteiger partial charge in [-0.2, -0.15) is 5.10 Å². The van der Waals surface area contributed by atoms with Crippen molar-refractivity contribution in [1.29, 1.82) is 0 Å². The molecular formula is C31H34N4O4S. The molecule has 0 saturated carbocycles. The van der Waals surface area contributed by atoms with Crippen LogP contribution in [0.4, 0.5) is 5.69 Å². The Morgan fingerprint density at radius 2 is 1.93 bits per heavy atom. The molecule has 0 bridgehead atoms. The number of hydrogen-bond donors (Lipinski definition) is 0. The van der Waals surface area contributed by atoms with Gasteiger partial charge in [-0.15, -0.1) is 0 Å². The maximum atomic E-state index is 11.9. The summed E-state index contributed by atoms with van der Waals surface area (Å²) in [4.78, 5) is 20.1. The first-order chi connectivity index (χ1) is 19.5. The molecule has 0 radical (unpaired) electrons. The van der Waals surface area contributed by atoms with Gasteiger partial charge in [-0.25, -0.2) is 14.3 Å². The van der Waals surface area contributed by atoms with E-state index in [2.05, 4.69) is 29.1 Å².